The molecule has 2 saturated carbocycles. The molecule has 18 heavy (non-hydrogen) atoms. The molecule has 4 heteroatoms. The predicted molar refractivity (Wildman–Crippen MR) is 67.6 cm³/mol. The van der Waals surface area contributed by atoms with Crippen molar-refractivity contribution in [1.29, 1.82) is 0 Å². The van der Waals surface area contributed by atoms with Crippen LogP contribution in [0.2, 0.25) is 0 Å². The van der Waals surface area contributed by atoms with Crippen molar-refractivity contribution in [3.63, 3.8) is 0 Å². The molecule has 2 fully saturated rings. The molecule has 4 atom stereocenters. The molecule has 2 aliphatic rings. The van der Waals surface area contributed by atoms with Gasteiger partial charge in [-0.15, -0.1) is 0 Å². The number of rotatable bonds is 1. The number of hydrogen-bond donors (Lipinski definition) is 2. The second kappa shape index (κ2) is 3.54. The van der Waals surface area contributed by atoms with Crippen LogP contribution < -0.4 is 5.73 Å². The van der Waals surface area contributed by atoms with E-state index in [-0.39, 0.29) is 17.8 Å². The van der Waals surface area contributed by atoms with Crippen molar-refractivity contribution in [3.8, 4) is 0 Å². The van der Waals surface area contributed by atoms with Gasteiger partial charge in [0.05, 0.1) is 5.52 Å². The van der Waals surface area contributed by atoms with Crippen LogP contribution in [-0.4, -0.2) is 16.0 Å². The highest BCUT2D eigenvalue weighted by Gasteiger charge is 2.47. The molecule has 0 aliphatic heterocycles. The number of hydrogen-bond acceptors (Lipinski definition) is 2. The Kier molecular flexibility index (Phi) is 2.07. The van der Waals surface area contributed by atoms with E-state index in [0.29, 0.717) is 17.4 Å². The third-order valence-electron chi connectivity index (χ3n) is 4.78. The minimum Gasteiger partial charge on any atom is -0.342 e. The van der Waals surface area contributed by atoms with Crippen LogP contribution in [0.25, 0.3) is 11.0 Å². The Morgan fingerprint density at radius 2 is 2.11 bits per heavy atom. The van der Waals surface area contributed by atoms with Crippen molar-refractivity contribution in [2.45, 2.75) is 31.2 Å². The highest BCUT2D eigenvalue weighted by Crippen LogP contribution is 2.51. The van der Waals surface area contributed by atoms with Gasteiger partial charge >= 0.3 is 0 Å². The van der Waals surface area contributed by atoms with Gasteiger partial charge in [-0.1, -0.05) is 6.07 Å². The lowest BCUT2D eigenvalue weighted by molar-refractivity contribution is 0.356. The number of nitrogens with two attached hydrogens (primary N) is 1. The van der Waals surface area contributed by atoms with Gasteiger partial charge in [-0.25, -0.2) is 9.37 Å². The fourth-order valence-electron chi connectivity index (χ4n) is 3.92. The summed E-state index contributed by atoms with van der Waals surface area (Å²) in [6.07, 6.45) is 3.70. The van der Waals surface area contributed by atoms with Crippen LogP contribution >= 0.6 is 0 Å². The number of aromatic amines is 1. The van der Waals surface area contributed by atoms with Gasteiger partial charge in [-0.3, -0.25) is 0 Å². The van der Waals surface area contributed by atoms with Crippen LogP contribution in [0, 0.1) is 17.7 Å². The molecule has 4 rings (SSSR count). The molecule has 2 aromatic rings. The van der Waals surface area contributed by atoms with E-state index in [2.05, 4.69) is 9.97 Å². The minimum atomic E-state index is -0.258. The van der Waals surface area contributed by atoms with Crippen LogP contribution in [0.15, 0.2) is 18.2 Å². The second-order valence-electron chi connectivity index (χ2n) is 5.69. The van der Waals surface area contributed by atoms with Gasteiger partial charge in [0, 0.05) is 12.0 Å². The van der Waals surface area contributed by atoms with Crippen LogP contribution in [-0.2, 0) is 0 Å². The lowest BCUT2D eigenvalue weighted by Gasteiger charge is -2.26. The highest BCUT2D eigenvalue weighted by molar-refractivity contribution is 5.75. The maximum absolute atomic E-state index is 13.7. The Bertz CT molecular complexity index is 604. The Balaban J connectivity index is 1.81. The first-order valence-electron chi connectivity index (χ1n) is 6.64. The first-order chi connectivity index (χ1) is 8.74. The predicted octanol–water partition coefficient (Wildman–Crippen LogP) is 2.54. The monoisotopic (exact) mass is 245 g/mol. The molecule has 2 aliphatic carbocycles. The zero-order valence-corrected chi connectivity index (χ0v) is 10.1. The van der Waals surface area contributed by atoms with E-state index in [1.54, 1.807) is 6.07 Å². The molecule has 4 unspecified atom stereocenters. The Morgan fingerprint density at radius 3 is 2.83 bits per heavy atom. The van der Waals surface area contributed by atoms with Crippen molar-refractivity contribution in [2.24, 2.45) is 17.6 Å². The number of benzene rings is 1. The largest absolute Gasteiger partial charge is 0.342 e. The molecule has 3 N–H and O–H groups in total. The zero-order chi connectivity index (χ0) is 12.3. The number of aromatic nitrogens is 2. The molecule has 1 aromatic heterocycles. The van der Waals surface area contributed by atoms with Gasteiger partial charge in [0.15, 0.2) is 5.82 Å². The normalized spacial score (nSPS) is 34.6. The van der Waals surface area contributed by atoms with Crippen LogP contribution in [0.1, 0.15) is 31.0 Å². The van der Waals surface area contributed by atoms with Gasteiger partial charge in [-0.05, 0) is 43.2 Å². The summed E-state index contributed by atoms with van der Waals surface area (Å²) in [5.74, 6) is 2.18. The maximum Gasteiger partial charge on any atom is 0.151 e. The Morgan fingerprint density at radius 1 is 1.28 bits per heavy atom. The summed E-state index contributed by atoms with van der Waals surface area (Å²) >= 11 is 0. The fraction of sp³-hybridized carbons (Fsp3) is 0.500. The third-order valence-corrected chi connectivity index (χ3v) is 4.78. The average molecular weight is 245 g/mol. The Labute approximate surface area is 105 Å². The number of H-pyrrole nitrogens is 1. The molecule has 0 saturated heterocycles. The lowest BCUT2D eigenvalue weighted by atomic mass is 9.84. The number of imidazole rings is 1. The van der Waals surface area contributed by atoms with E-state index in [9.17, 15) is 4.39 Å². The van der Waals surface area contributed by atoms with Crippen LogP contribution in [0.5, 0.6) is 0 Å². The van der Waals surface area contributed by atoms with Crippen molar-refractivity contribution < 1.29 is 4.39 Å². The van der Waals surface area contributed by atoms with Gasteiger partial charge in [0.1, 0.15) is 11.3 Å². The SMILES string of the molecule is NC1C2CCC(C2)C1c1nc2c(F)cccc2[nH]1. The van der Waals surface area contributed by atoms with E-state index in [4.69, 9.17) is 5.73 Å². The molecular weight excluding hydrogens is 229 g/mol. The number of nitrogens with zero attached hydrogens (tertiary/aromatic N) is 1. The lowest BCUT2D eigenvalue weighted by Crippen LogP contribution is -2.34. The smallest absolute Gasteiger partial charge is 0.151 e. The second-order valence-corrected chi connectivity index (χ2v) is 5.69. The number of para-hydroxylation sites is 1. The molecule has 0 spiro atoms. The molecule has 3 nitrogen and oxygen atoms in total. The molecule has 1 aromatic carbocycles. The van der Waals surface area contributed by atoms with Gasteiger partial charge in [0.2, 0.25) is 0 Å². The van der Waals surface area contributed by atoms with E-state index in [1.807, 2.05) is 6.07 Å². The molecule has 94 valence electrons. The van der Waals surface area contributed by atoms with Crippen LogP contribution in [0.4, 0.5) is 4.39 Å². The van der Waals surface area contributed by atoms with E-state index in [0.717, 1.165) is 11.3 Å². The zero-order valence-electron chi connectivity index (χ0n) is 10.1. The van der Waals surface area contributed by atoms with Crippen LogP contribution in [0.3, 0.4) is 0 Å². The van der Waals surface area contributed by atoms with Crippen molar-refractivity contribution in [2.75, 3.05) is 0 Å². The summed E-state index contributed by atoms with van der Waals surface area (Å²) < 4.78 is 13.7. The van der Waals surface area contributed by atoms with Crippen molar-refractivity contribution in [1.82, 2.24) is 9.97 Å². The Hall–Kier alpha value is -1.42. The molecule has 2 bridgehead atoms. The quantitative estimate of drug-likeness (QED) is 0.811. The average Bonchev–Trinajstić information content (AvgIpc) is 3.01. The van der Waals surface area contributed by atoms with Gasteiger partial charge < -0.3 is 10.7 Å². The summed E-state index contributed by atoms with van der Waals surface area (Å²) in [5.41, 5.74) is 7.53. The van der Waals surface area contributed by atoms with E-state index >= 15 is 0 Å². The molecule has 0 amide bonds. The number of fused-ring (bicyclic) bond motifs is 3. The van der Waals surface area contributed by atoms with Gasteiger partial charge in [0.25, 0.3) is 0 Å². The first-order valence-corrected chi connectivity index (χ1v) is 6.64. The third kappa shape index (κ3) is 1.29. The summed E-state index contributed by atoms with van der Waals surface area (Å²) in [6.45, 7) is 0. The van der Waals surface area contributed by atoms with E-state index in [1.165, 1.54) is 25.3 Å². The number of halogens is 1. The molecule has 0 radical (unpaired) electrons. The fourth-order valence-corrected chi connectivity index (χ4v) is 3.92. The van der Waals surface area contributed by atoms with Crippen molar-refractivity contribution in [3.05, 3.63) is 29.8 Å². The minimum absolute atomic E-state index is 0.187. The number of nitrogens with one attached hydrogen (secondary N) is 1. The molecular formula is C14H16FN3. The highest BCUT2D eigenvalue weighted by atomic mass is 19.1. The maximum atomic E-state index is 13.7. The van der Waals surface area contributed by atoms with Crippen molar-refractivity contribution >= 4 is 11.0 Å². The first kappa shape index (κ1) is 10.5. The standard InChI is InChI=1S/C14H16FN3/c15-9-2-1-3-10-13(9)18-14(17-10)11-7-4-5-8(6-7)12(11)16/h1-3,7-8,11-12H,4-6,16H2,(H,17,18). The summed E-state index contributed by atoms with van der Waals surface area (Å²) in [7, 11) is 0. The summed E-state index contributed by atoms with van der Waals surface area (Å²) in [5, 5.41) is 0. The van der Waals surface area contributed by atoms with E-state index < -0.39 is 0 Å². The van der Waals surface area contributed by atoms with Gasteiger partial charge in [-0.2, -0.15) is 0 Å². The summed E-state index contributed by atoms with van der Waals surface area (Å²) in [4.78, 5) is 7.72. The molecule has 1 heterocycles. The topological polar surface area (TPSA) is 54.7 Å². The summed E-state index contributed by atoms with van der Waals surface area (Å²) in [6, 6.07) is 5.22.